The minimum atomic E-state index is -1.64. The molecule has 58 valence electrons. The lowest BCUT2D eigenvalue weighted by molar-refractivity contribution is -0.124. The number of hydrogen-bond acceptors (Lipinski definition) is 3. The van der Waals surface area contributed by atoms with Crippen molar-refractivity contribution in [3.63, 3.8) is 0 Å². The van der Waals surface area contributed by atoms with E-state index in [1.807, 2.05) is 0 Å². The van der Waals surface area contributed by atoms with Crippen molar-refractivity contribution in [2.24, 2.45) is 0 Å². The van der Waals surface area contributed by atoms with E-state index < -0.39 is 6.04 Å². The highest BCUT2D eigenvalue weighted by Gasteiger charge is 2.01. The summed E-state index contributed by atoms with van der Waals surface area (Å²) >= 11 is 1.24. The molecule has 0 unspecified atom stereocenters. The van der Waals surface area contributed by atoms with Crippen LogP contribution in [0.15, 0.2) is 23.6 Å². The molecule has 0 fully saturated rings. The van der Waals surface area contributed by atoms with Crippen molar-refractivity contribution in [3.05, 3.63) is 28.5 Å². The Hall–Kier alpha value is -1.16. The van der Waals surface area contributed by atoms with Gasteiger partial charge in [0.1, 0.15) is 5.76 Å². The molecule has 1 heterocycles. The van der Waals surface area contributed by atoms with Crippen molar-refractivity contribution < 1.29 is 14.3 Å². The highest BCUT2D eigenvalue weighted by Crippen LogP contribution is 2.16. The zero-order valence-corrected chi connectivity index (χ0v) is 6.27. The number of carbonyl (C=O) groups excluding carboxylic acids is 1. The second-order valence-electron chi connectivity index (χ2n) is 1.81. The van der Waals surface area contributed by atoms with Crippen molar-refractivity contribution in [3.8, 4) is 0 Å². The van der Waals surface area contributed by atoms with Gasteiger partial charge in [-0.15, -0.1) is 11.3 Å². The molecule has 0 aliphatic heterocycles. The molecule has 1 aromatic heterocycles. The minimum absolute atomic E-state index is 0.326. The van der Waals surface area contributed by atoms with Crippen LogP contribution < -0.4 is 0 Å². The van der Waals surface area contributed by atoms with Gasteiger partial charge >= 0.3 is 6.04 Å². The van der Waals surface area contributed by atoms with Crippen molar-refractivity contribution in [2.45, 2.75) is 0 Å². The Morgan fingerprint density at radius 1 is 1.73 bits per heavy atom. The van der Waals surface area contributed by atoms with Gasteiger partial charge in [-0.05, 0) is 11.4 Å². The third-order valence-electron chi connectivity index (χ3n) is 1.02. The normalized spacial score (nSPS) is 11.5. The minimum Gasteiger partial charge on any atom is -0.506 e. The van der Waals surface area contributed by atoms with Gasteiger partial charge in [-0.25, -0.2) is 0 Å². The number of thiophene rings is 1. The molecule has 1 aromatic rings. The van der Waals surface area contributed by atoms with Crippen LogP contribution in [-0.2, 0) is 4.79 Å². The Kier molecular flexibility index (Phi) is 2.38. The highest BCUT2D eigenvalue weighted by molar-refractivity contribution is 7.11. The fourth-order valence-corrected chi connectivity index (χ4v) is 1.24. The Morgan fingerprint density at radius 3 is 2.91 bits per heavy atom. The van der Waals surface area contributed by atoms with Gasteiger partial charge in [-0.1, -0.05) is 6.07 Å². The van der Waals surface area contributed by atoms with Crippen LogP contribution >= 0.6 is 11.3 Å². The molecule has 0 aliphatic rings. The summed E-state index contributed by atoms with van der Waals surface area (Å²) in [5, 5.41) is 10.7. The average Bonchev–Trinajstić information content (AvgIpc) is 2.35. The second kappa shape index (κ2) is 3.30. The summed E-state index contributed by atoms with van der Waals surface area (Å²) in [6.07, 6.45) is 0.547. The third-order valence-corrected chi connectivity index (χ3v) is 1.92. The van der Waals surface area contributed by atoms with Gasteiger partial charge in [0.25, 0.3) is 0 Å². The molecule has 0 saturated heterocycles. The Balaban J connectivity index is 2.86. The third kappa shape index (κ3) is 2.16. The van der Waals surface area contributed by atoms with Gasteiger partial charge in [-0.3, -0.25) is 4.79 Å². The Labute approximate surface area is 66.6 Å². The number of rotatable bonds is 2. The van der Waals surface area contributed by atoms with Gasteiger partial charge in [0, 0.05) is 0 Å². The van der Waals surface area contributed by atoms with E-state index in [4.69, 9.17) is 5.11 Å². The maximum absolute atomic E-state index is 11.7. The number of halogens is 1. The maximum atomic E-state index is 11.7. The smallest absolute Gasteiger partial charge is 0.328 e. The molecule has 1 rings (SSSR count). The molecule has 0 atom stereocenters. The van der Waals surface area contributed by atoms with E-state index in [-0.39, 0.29) is 5.76 Å². The van der Waals surface area contributed by atoms with Crippen LogP contribution in [-0.4, -0.2) is 11.1 Å². The van der Waals surface area contributed by atoms with E-state index in [9.17, 15) is 9.18 Å². The zero-order valence-electron chi connectivity index (χ0n) is 5.45. The SMILES string of the molecule is O=C(F)/C=C(\O)c1cccs1. The first-order chi connectivity index (χ1) is 5.20. The van der Waals surface area contributed by atoms with Gasteiger partial charge < -0.3 is 5.11 Å². The predicted molar refractivity (Wildman–Crippen MR) is 41.0 cm³/mol. The molecule has 0 saturated carbocycles. The summed E-state index contributed by atoms with van der Waals surface area (Å²) in [6.45, 7) is 0. The van der Waals surface area contributed by atoms with Crippen LogP contribution in [0.25, 0.3) is 5.76 Å². The van der Waals surface area contributed by atoms with Gasteiger partial charge in [0.05, 0.1) is 11.0 Å². The summed E-state index contributed by atoms with van der Waals surface area (Å²) in [4.78, 5) is 10.3. The molecule has 0 aromatic carbocycles. The lowest BCUT2D eigenvalue weighted by Crippen LogP contribution is -1.83. The molecule has 0 spiro atoms. The summed E-state index contributed by atoms with van der Waals surface area (Å²) < 4.78 is 11.7. The topological polar surface area (TPSA) is 37.3 Å². The maximum Gasteiger partial charge on any atom is 0.328 e. The number of hydrogen-bond donors (Lipinski definition) is 1. The first-order valence-electron chi connectivity index (χ1n) is 2.84. The lowest BCUT2D eigenvalue weighted by Gasteiger charge is -1.90. The monoisotopic (exact) mass is 172 g/mol. The number of aliphatic hydroxyl groups excluding tert-OH is 1. The van der Waals surface area contributed by atoms with E-state index >= 15 is 0 Å². The molecule has 1 N–H and O–H groups in total. The average molecular weight is 172 g/mol. The molecule has 0 aliphatic carbocycles. The molecule has 11 heavy (non-hydrogen) atoms. The number of aliphatic hydroxyl groups is 1. The first-order valence-corrected chi connectivity index (χ1v) is 3.72. The fraction of sp³-hybridized carbons (Fsp3) is 0. The van der Waals surface area contributed by atoms with Crippen LogP contribution in [0, 0.1) is 0 Å². The van der Waals surface area contributed by atoms with Crippen molar-refractivity contribution in [1.29, 1.82) is 0 Å². The summed E-state index contributed by atoms with van der Waals surface area (Å²) in [5.41, 5.74) is 0. The highest BCUT2D eigenvalue weighted by atomic mass is 32.1. The molecule has 0 radical (unpaired) electrons. The van der Waals surface area contributed by atoms with Crippen LogP contribution in [0.1, 0.15) is 4.88 Å². The zero-order chi connectivity index (χ0) is 8.27. The Morgan fingerprint density at radius 2 is 2.45 bits per heavy atom. The molecule has 4 heteroatoms. The van der Waals surface area contributed by atoms with Crippen LogP contribution in [0.5, 0.6) is 0 Å². The van der Waals surface area contributed by atoms with Crippen molar-refractivity contribution >= 4 is 23.1 Å². The standard InChI is InChI=1S/C7H5FO2S/c8-7(10)4-5(9)6-2-1-3-11-6/h1-4,9H/b5-4-. The van der Waals surface area contributed by atoms with Crippen LogP contribution in [0.4, 0.5) is 4.39 Å². The van der Waals surface area contributed by atoms with E-state index in [2.05, 4.69) is 0 Å². The Bertz CT molecular complexity index is 277. The van der Waals surface area contributed by atoms with Gasteiger partial charge in [-0.2, -0.15) is 4.39 Å². The van der Waals surface area contributed by atoms with E-state index in [0.717, 1.165) is 0 Å². The van der Waals surface area contributed by atoms with Gasteiger partial charge in [0.15, 0.2) is 0 Å². The molecular weight excluding hydrogens is 167 g/mol. The molecule has 2 nitrogen and oxygen atoms in total. The van der Waals surface area contributed by atoms with E-state index in [1.165, 1.54) is 11.3 Å². The van der Waals surface area contributed by atoms with Crippen LogP contribution in [0.3, 0.4) is 0 Å². The summed E-state index contributed by atoms with van der Waals surface area (Å²) in [7, 11) is 0. The van der Waals surface area contributed by atoms with Crippen LogP contribution in [0.2, 0.25) is 0 Å². The number of allylic oxidation sites excluding steroid dienone is 1. The van der Waals surface area contributed by atoms with Crippen molar-refractivity contribution in [1.82, 2.24) is 0 Å². The lowest BCUT2D eigenvalue weighted by atomic mass is 10.4. The van der Waals surface area contributed by atoms with E-state index in [1.54, 1.807) is 17.5 Å². The fourth-order valence-electron chi connectivity index (χ4n) is 0.603. The second-order valence-corrected chi connectivity index (χ2v) is 2.76. The molecule has 0 amide bonds. The summed E-state index contributed by atoms with van der Waals surface area (Å²) in [6, 6.07) is 1.66. The predicted octanol–water partition coefficient (Wildman–Crippen LogP) is 2.14. The number of carbonyl (C=O) groups is 1. The largest absolute Gasteiger partial charge is 0.506 e. The summed E-state index contributed by atoms with van der Waals surface area (Å²) in [5.74, 6) is -0.326. The van der Waals surface area contributed by atoms with Gasteiger partial charge in [0.2, 0.25) is 0 Å². The van der Waals surface area contributed by atoms with Crippen molar-refractivity contribution in [2.75, 3.05) is 0 Å². The van der Waals surface area contributed by atoms with E-state index in [0.29, 0.717) is 11.0 Å². The molecule has 0 bridgehead atoms. The molecular formula is C7H5FO2S. The quantitative estimate of drug-likeness (QED) is 0.421. The first kappa shape index (κ1) is 7.94.